The molecular formula is C16H16O. The molecule has 0 aliphatic heterocycles. The average Bonchev–Trinajstić information content (AvgIpc) is 2.38. The summed E-state index contributed by atoms with van der Waals surface area (Å²) in [5.74, 6) is 0. The third-order valence-electron chi connectivity index (χ3n) is 2.68. The largest absolute Gasteiger partial charge is 0.389 e. The maximum Gasteiger partial charge on any atom is 0.0767 e. The molecule has 1 unspecified atom stereocenters. The van der Waals surface area contributed by atoms with Crippen molar-refractivity contribution in [2.24, 2.45) is 0 Å². The maximum atomic E-state index is 9.86. The van der Waals surface area contributed by atoms with Crippen molar-refractivity contribution in [2.45, 2.75) is 13.0 Å². The van der Waals surface area contributed by atoms with Gasteiger partial charge >= 0.3 is 0 Å². The minimum atomic E-state index is -0.474. The van der Waals surface area contributed by atoms with Crippen LogP contribution in [0.25, 0.3) is 11.6 Å². The zero-order valence-corrected chi connectivity index (χ0v) is 9.88. The lowest BCUT2D eigenvalue weighted by atomic mass is 9.99. The second kappa shape index (κ2) is 5.46. The molecular weight excluding hydrogens is 208 g/mol. The van der Waals surface area contributed by atoms with Crippen LogP contribution < -0.4 is 0 Å². The van der Waals surface area contributed by atoms with E-state index in [0.29, 0.717) is 0 Å². The fraction of sp³-hybridized carbons (Fsp3) is 0.125. The molecule has 0 spiro atoms. The smallest absolute Gasteiger partial charge is 0.0767 e. The highest BCUT2D eigenvalue weighted by molar-refractivity contribution is 5.83. The van der Waals surface area contributed by atoms with Crippen molar-refractivity contribution < 1.29 is 5.11 Å². The highest BCUT2D eigenvalue weighted by Crippen LogP contribution is 2.21. The molecule has 0 amide bonds. The van der Waals surface area contributed by atoms with Crippen molar-refractivity contribution in [1.82, 2.24) is 0 Å². The van der Waals surface area contributed by atoms with Crippen LogP contribution in [0.2, 0.25) is 0 Å². The monoisotopic (exact) mass is 224 g/mol. The second-order valence-electron chi connectivity index (χ2n) is 4.05. The maximum absolute atomic E-state index is 9.86. The van der Waals surface area contributed by atoms with E-state index in [1.807, 2.05) is 66.7 Å². The van der Waals surface area contributed by atoms with Crippen molar-refractivity contribution in [3.63, 3.8) is 0 Å². The van der Waals surface area contributed by atoms with Gasteiger partial charge in [-0.25, -0.2) is 0 Å². The van der Waals surface area contributed by atoms with Crippen LogP contribution in [0, 0.1) is 0 Å². The molecule has 0 heterocycles. The third kappa shape index (κ3) is 3.05. The Morgan fingerprint density at radius 1 is 0.941 bits per heavy atom. The van der Waals surface area contributed by atoms with E-state index in [1.165, 1.54) is 0 Å². The third-order valence-corrected chi connectivity index (χ3v) is 2.68. The van der Waals surface area contributed by atoms with Crippen molar-refractivity contribution >= 4 is 11.6 Å². The van der Waals surface area contributed by atoms with Gasteiger partial charge in [-0.3, -0.25) is 0 Å². The summed E-state index contributed by atoms with van der Waals surface area (Å²) in [6.07, 6.45) is 1.55. The fourth-order valence-corrected chi connectivity index (χ4v) is 1.80. The van der Waals surface area contributed by atoms with Crippen molar-refractivity contribution in [3.8, 4) is 0 Å². The first-order valence-corrected chi connectivity index (χ1v) is 5.77. The fourth-order valence-electron chi connectivity index (χ4n) is 1.80. The van der Waals surface area contributed by atoms with E-state index in [2.05, 4.69) is 0 Å². The number of hydrogen-bond acceptors (Lipinski definition) is 1. The van der Waals surface area contributed by atoms with E-state index in [0.717, 1.165) is 16.7 Å². The van der Waals surface area contributed by atoms with Gasteiger partial charge in [0.1, 0.15) is 0 Å². The van der Waals surface area contributed by atoms with Gasteiger partial charge in [0.05, 0.1) is 6.10 Å². The molecule has 0 radical (unpaired) electrons. The topological polar surface area (TPSA) is 20.2 Å². The van der Waals surface area contributed by atoms with E-state index in [4.69, 9.17) is 0 Å². The van der Waals surface area contributed by atoms with Gasteiger partial charge in [0.2, 0.25) is 0 Å². The van der Waals surface area contributed by atoms with Gasteiger partial charge in [-0.2, -0.15) is 0 Å². The molecule has 2 rings (SSSR count). The van der Waals surface area contributed by atoms with Gasteiger partial charge in [-0.1, -0.05) is 60.7 Å². The lowest BCUT2D eigenvalue weighted by Crippen LogP contribution is -2.03. The molecule has 2 aromatic carbocycles. The number of aliphatic hydroxyl groups is 1. The Morgan fingerprint density at radius 2 is 1.47 bits per heavy atom. The Hall–Kier alpha value is -1.86. The van der Waals surface area contributed by atoms with E-state index in [1.54, 1.807) is 6.92 Å². The lowest BCUT2D eigenvalue weighted by Gasteiger charge is -2.11. The van der Waals surface area contributed by atoms with Crippen molar-refractivity contribution in [2.75, 3.05) is 0 Å². The first-order valence-electron chi connectivity index (χ1n) is 5.77. The molecule has 17 heavy (non-hydrogen) atoms. The Bertz CT molecular complexity index is 483. The summed E-state index contributed by atoms with van der Waals surface area (Å²) >= 11 is 0. The summed E-state index contributed by atoms with van der Waals surface area (Å²) in [6, 6.07) is 20.0. The number of aliphatic hydroxyl groups excluding tert-OH is 1. The summed E-state index contributed by atoms with van der Waals surface area (Å²) in [5.41, 5.74) is 3.11. The number of benzene rings is 2. The van der Waals surface area contributed by atoms with Crippen LogP contribution in [0.5, 0.6) is 0 Å². The standard InChI is InChI=1S/C16H16O/c1-13(17)16(15-10-6-3-7-11-15)12-14-8-4-2-5-9-14/h2-13,17H,1H3/b16-12+. The molecule has 1 nitrogen and oxygen atoms in total. The molecule has 1 atom stereocenters. The Labute approximate surface area is 102 Å². The van der Waals surface area contributed by atoms with Crippen LogP contribution in [-0.4, -0.2) is 11.2 Å². The van der Waals surface area contributed by atoms with Crippen LogP contribution in [0.1, 0.15) is 18.1 Å². The van der Waals surface area contributed by atoms with E-state index >= 15 is 0 Å². The summed E-state index contributed by atoms with van der Waals surface area (Å²) in [4.78, 5) is 0. The zero-order valence-electron chi connectivity index (χ0n) is 9.88. The minimum Gasteiger partial charge on any atom is -0.389 e. The van der Waals surface area contributed by atoms with Crippen molar-refractivity contribution in [3.05, 3.63) is 71.8 Å². The molecule has 1 heteroatoms. The van der Waals surface area contributed by atoms with Gasteiger partial charge in [-0.15, -0.1) is 0 Å². The van der Waals surface area contributed by atoms with Crippen LogP contribution in [0.4, 0.5) is 0 Å². The Balaban J connectivity index is 2.40. The Kier molecular flexibility index (Phi) is 3.73. The predicted molar refractivity (Wildman–Crippen MR) is 72.4 cm³/mol. The molecule has 86 valence electrons. The molecule has 0 bridgehead atoms. The molecule has 0 aliphatic rings. The molecule has 0 saturated carbocycles. The second-order valence-corrected chi connectivity index (χ2v) is 4.05. The predicted octanol–water partition coefficient (Wildman–Crippen LogP) is 3.61. The van der Waals surface area contributed by atoms with Gasteiger partial charge in [0.15, 0.2) is 0 Å². The quantitative estimate of drug-likeness (QED) is 0.790. The number of hydrogen-bond donors (Lipinski definition) is 1. The Morgan fingerprint density at radius 3 is 2.00 bits per heavy atom. The van der Waals surface area contributed by atoms with Crippen LogP contribution >= 0.6 is 0 Å². The normalized spacial score (nSPS) is 13.4. The summed E-state index contributed by atoms with van der Waals surface area (Å²) in [7, 11) is 0. The van der Waals surface area contributed by atoms with Gasteiger partial charge in [-0.05, 0) is 29.7 Å². The molecule has 0 fully saturated rings. The van der Waals surface area contributed by atoms with Gasteiger partial charge in [0.25, 0.3) is 0 Å². The van der Waals surface area contributed by atoms with E-state index in [9.17, 15) is 5.11 Å². The van der Waals surface area contributed by atoms with E-state index in [-0.39, 0.29) is 0 Å². The highest BCUT2D eigenvalue weighted by atomic mass is 16.3. The molecule has 2 aromatic rings. The first-order chi connectivity index (χ1) is 8.27. The van der Waals surface area contributed by atoms with Gasteiger partial charge < -0.3 is 5.11 Å². The molecule has 0 aliphatic carbocycles. The lowest BCUT2D eigenvalue weighted by molar-refractivity contribution is 0.254. The summed E-state index contributed by atoms with van der Waals surface area (Å²) < 4.78 is 0. The molecule has 1 N–H and O–H groups in total. The first kappa shape index (κ1) is 11.6. The van der Waals surface area contributed by atoms with Crippen LogP contribution in [0.15, 0.2) is 60.7 Å². The average molecular weight is 224 g/mol. The molecule has 0 saturated heterocycles. The highest BCUT2D eigenvalue weighted by Gasteiger charge is 2.07. The zero-order chi connectivity index (χ0) is 12.1. The van der Waals surface area contributed by atoms with Crippen LogP contribution in [0.3, 0.4) is 0 Å². The summed E-state index contributed by atoms with van der Waals surface area (Å²) in [5, 5.41) is 9.86. The SMILES string of the molecule is CC(O)/C(=C\c1ccccc1)c1ccccc1. The number of rotatable bonds is 3. The minimum absolute atomic E-state index is 0.474. The van der Waals surface area contributed by atoms with Crippen LogP contribution in [-0.2, 0) is 0 Å². The van der Waals surface area contributed by atoms with Gasteiger partial charge in [0, 0.05) is 0 Å². The van der Waals surface area contributed by atoms with Crippen molar-refractivity contribution in [1.29, 1.82) is 0 Å². The summed E-state index contributed by atoms with van der Waals surface area (Å²) in [6.45, 7) is 1.79. The van der Waals surface area contributed by atoms with E-state index < -0.39 is 6.10 Å². The molecule has 0 aromatic heterocycles.